The van der Waals surface area contributed by atoms with Gasteiger partial charge in [-0.3, -0.25) is 4.68 Å². The lowest BCUT2D eigenvalue weighted by Crippen LogP contribution is -2.14. The number of halogens is 1. The Kier molecular flexibility index (Phi) is 6.58. The summed E-state index contributed by atoms with van der Waals surface area (Å²) in [6, 6.07) is 0. The molecule has 1 N–H and O–H groups in total. The zero-order valence-corrected chi connectivity index (χ0v) is 10.0. The molecule has 0 aliphatic carbocycles. The number of rotatable bonds is 5. The quantitative estimate of drug-likeness (QED) is 0.766. The molecule has 1 heterocycles. The summed E-state index contributed by atoms with van der Waals surface area (Å²) in [6.45, 7) is 6.35. The number of unbranched alkanes of at least 4 members (excludes halogenated alkanes) is 1. The van der Waals surface area contributed by atoms with Crippen LogP contribution < -0.4 is 5.32 Å². The number of aryl methyl sites for hydroxylation is 1. The standard InChI is InChI=1S/C10H19N3.ClH/c1-4-5-6-11-7-10-8-12-13(3)9(10)2;/h8,11H,4-7H2,1-3H3;1H. The van der Waals surface area contributed by atoms with Gasteiger partial charge in [0.1, 0.15) is 0 Å². The van der Waals surface area contributed by atoms with Gasteiger partial charge in [-0.15, -0.1) is 12.4 Å². The second-order valence-corrected chi connectivity index (χ2v) is 3.41. The molecule has 0 aromatic carbocycles. The third-order valence-electron chi connectivity index (χ3n) is 2.36. The lowest BCUT2D eigenvalue weighted by Gasteiger charge is -2.02. The lowest BCUT2D eigenvalue weighted by molar-refractivity contribution is 0.638. The Labute approximate surface area is 92.3 Å². The molecule has 0 unspecified atom stereocenters. The first-order valence-electron chi connectivity index (χ1n) is 4.94. The first-order valence-corrected chi connectivity index (χ1v) is 4.94. The van der Waals surface area contributed by atoms with Crippen LogP contribution in [0, 0.1) is 6.92 Å². The molecular formula is C10H20ClN3. The van der Waals surface area contributed by atoms with Gasteiger partial charge in [-0.25, -0.2) is 0 Å². The molecule has 1 rings (SSSR count). The van der Waals surface area contributed by atoms with E-state index in [1.807, 2.05) is 17.9 Å². The highest BCUT2D eigenvalue weighted by atomic mass is 35.5. The second kappa shape index (κ2) is 6.85. The summed E-state index contributed by atoms with van der Waals surface area (Å²) in [7, 11) is 1.98. The highest BCUT2D eigenvalue weighted by Crippen LogP contribution is 2.04. The van der Waals surface area contributed by atoms with E-state index >= 15 is 0 Å². The van der Waals surface area contributed by atoms with E-state index in [1.54, 1.807) is 0 Å². The van der Waals surface area contributed by atoms with Crippen molar-refractivity contribution in [1.82, 2.24) is 15.1 Å². The summed E-state index contributed by atoms with van der Waals surface area (Å²) in [4.78, 5) is 0. The summed E-state index contributed by atoms with van der Waals surface area (Å²) >= 11 is 0. The molecule has 0 radical (unpaired) electrons. The number of nitrogens with one attached hydrogen (secondary N) is 1. The minimum atomic E-state index is 0. The molecule has 0 spiro atoms. The number of nitrogens with zero attached hydrogens (tertiary/aromatic N) is 2. The Morgan fingerprint density at radius 2 is 2.21 bits per heavy atom. The SMILES string of the molecule is CCCCNCc1cnn(C)c1C.Cl. The Morgan fingerprint density at radius 1 is 1.50 bits per heavy atom. The van der Waals surface area contributed by atoms with Crippen molar-refractivity contribution in [2.75, 3.05) is 6.54 Å². The fourth-order valence-corrected chi connectivity index (χ4v) is 1.24. The Balaban J connectivity index is 0.00000169. The highest BCUT2D eigenvalue weighted by Gasteiger charge is 2.01. The van der Waals surface area contributed by atoms with Crippen LogP contribution in [0.3, 0.4) is 0 Å². The molecule has 0 fully saturated rings. The maximum atomic E-state index is 4.19. The Bertz CT molecular complexity index is 258. The molecule has 0 aliphatic rings. The summed E-state index contributed by atoms with van der Waals surface area (Å²) in [5.41, 5.74) is 2.56. The molecule has 0 aliphatic heterocycles. The summed E-state index contributed by atoms with van der Waals surface area (Å²) < 4.78 is 1.91. The van der Waals surface area contributed by atoms with E-state index in [-0.39, 0.29) is 12.4 Å². The van der Waals surface area contributed by atoms with Crippen LogP contribution in [-0.4, -0.2) is 16.3 Å². The van der Waals surface area contributed by atoms with E-state index in [0.717, 1.165) is 13.1 Å². The minimum absolute atomic E-state index is 0. The van der Waals surface area contributed by atoms with Gasteiger partial charge >= 0.3 is 0 Å². The molecule has 4 heteroatoms. The van der Waals surface area contributed by atoms with Crippen LogP contribution in [0.4, 0.5) is 0 Å². The van der Waals surface area contributed by atoms with E-state index < -0.39 is 0 Å². The van der Waals surface area contributed by atoms with Crippen LogP contribution in [-0.2, 0) is 13.6 Å². The molecule has 0 amide bonds. The molecule has 0 saturated carbocycles. The van der Waals surface area contributed by atoms with Gasteiger partial charge in [0, 0.05) is 24.8 Å². The van der Waals surface area contributed by atoms with Gasteiger partial charge in [-0.1, -0.05) is 13.3 Å². The van der Waals surface area contributed by atoms with Gasteiger partial charge < -0.3 is 5.32 Å². The van der Waals surface area contributed by atoms with E-state index in [1.165, 1.54) is 24.1 Å². The van der Waals surface area contributed by atoms with Crippen molar-refractivity contribution in [1.29, 1.82) is 0 Å². The lowest BCUT2D eigenvalue weighted by atomic mass is 10.2. The predicted molar refractivity (Wildman–Crippen MR) is 61.8 cm³/mol. The largest absolute Gasteiger partial charge is 0.313 e. The number of aromatic nitrogens is 2. The van der Waals surface area contributed by atoms with Crippen molar-refractivity contribution in [3.05, 3.63) is 17.5 Å². The average Bonchev–Trinajstić information content (AvgIpc) is 2.43. The monoisotopic (exact) mass is 217 g/mol. The number of hydrogen-bond donors (Lipinski definition) is 1. The fourth-order valence-electron chi connectivity index (χ4n) is 1.24. The van der Waals surface area contributed by atoms with E-state index in [2.05, 4.69) is 24.3 Å². The zero-order valence-electron chi connectivity index (χ0n) is 9.21. The molecule has 0 saturated heterocycles. The van der Waals surface area contributed by atoms with Crippen LogP contribution >= 0.6 is 12.4 Å². The normalized spacial score (nSPS) is 9.93. The first kappa shape index (κ1) is 13.5. The van der Waals surface area contributed by atoms with Crippen LogP contribution in [0.5, 0.6) is 0 Å². The molecule has 1 aromatic heterocycles. The van der Waals surface area contributed by atoms with Gasteiger partial charge in [-0.05, 0) is 19.9 Å². The van der Waals surface area contributed by atoms with Crippen molar-refractivity contribution in [2.24, 2.45) is 7.05 Å². The maximum absolute atomic E-state index is 4.19. The topological polar surface area (TPSA) is 29.9 Å². The molecule has 3 nitrogen and oxygen atoms in total. The van der Waals surface area contributed by atoms with Crippen LogP contribution in [0.25, 0.3) is 0 Å². The Hall–Kier alpha value is -0.540. The van der Waals surface area contributed by atoms with Crippen LogP contribution in [0.2, 0.25) is 0 Å². The van der Waals surface area contributed by atoms with Gasteiger partial charge in [0.25, 0.3) is 0 Å². The maximum Gasteiger partial charge on any atom is 0.0537 e. The third kappa shape index (κ3) is 3.68. The smallest absolute Gasteiger partial charge is 0.0537 e. The van der Waals surface area contributed by atoms with Gasteiger partial charge in [0.2, 0.25) is 0 Å². The van der Waals surface area contributed by atoms with Crippen LogP contribution in [0.1, 0.15) is 31.0 Å². The minimum Gasteiger partial charge on any atom is -0.313 e. The van der Waals surface area contributed by atoms with Gasteiger partial charge in [0.05, 0.1) is 6.20 Å². The molecule has 0 bridgehead atoms. The van der Waals surface area contributed by atoms with E-state index in [0.29, 0.717) is 0 Å². The van der Waals surface area contributed by atoms with Gasteiger partial charge in [-0.2, -0.15) is 5.10 Å². The third-order valence-corrected chi connectivity index (χ3v) is 2.36. The zero-order chi connectivity index (χ0) is 9.68. The highest BCUT2D eigenvalue weighted by molar-refractivity contribution is 5.85. The van der Waals surface area contributed by atoms with Gasteiger partial charge in [0.15, 0.2) is 0 Å². The number of hydrogen-bond acceptors (Lipinski definition) is 2. The van der Waals surface area contributed by atoms with Crippen molar-refractivity contribution in [3.63, 3.8) is 0 Å². The molecule has 14 heavy (non-hydrogen) atoms. The molecule has 82 valence electrons. The summed E-state index contributed by atoms with van der Waals surface area (Å²) in [5, 5.41) is 7.60. The summed E-state index contributed by atoms with van der Waals surface area (Å²) in [6.07, 6.45) is 4.44. The Morgan fingerprint density at radius 3 is 2.71 bits per heavy atom. The van der Waals surface area contributed by atoms with Crippen molar-refractivity contribution < 1.29 is 0 Å². The summed E-state index contributed by atoms with van der Waals surface area (Å²) in [5.74, 6) is 0. The van der Waals surface area contributed by atoms with E-state index in [4.69, 9.17) is 0 Å². The average molecular weight is 218 g/mol. The molecule has 1 aromatic rings. The second-order valence-electron chi connectivity index (χ2n) is 3.41. The van der Waals surface area contributed by atoms with Crippen molar-refractivity contribution in [3.8, 4) is 0 Å². The first-order chi connectivity index (χ1) is 6.25. The van der Waals surface area contributed by atoms with E-state index in [9.17, 15) is 0 Å². The van der Waals surface area contributed by atoms with Crippen molar-refractivity contribution in [2.45, 2.75) is 33.2 Å². The molecular weight excluding hydrogens is 198 g/mol. The predicted octanol–water partition coefficient (Wildman–Crippen LogP) is 2.04. The van der Waals surface area contributed by atoms with Crippen LogP contribution in [0.15, 0.2) is 6.20 Å². The fraction of sp³-hybridized carbons (Fsp3) is 0.700. The van der Waals surface area contributed by atoms with Crippen molar-refractivity contribution >= 4 is 12.4 Å². The molecule has 0 atom stereocenters.